The largest absolute Gasteiger partial charge is 0.310 e. The first-order chi connectivity index (χ1) is 8.70. The molecule has 18 heavy (non-hydrogen) atoms. The number of allylic oxidation sites excluding steroid dienone is 1. The Morgan fingerprint density at radius 2 is 2.11 bits per heavy atom. The zero-order valence-electron chi connectivity index (χ0n) is 10.7. The number of rotatable bonds is 5. The van der Waals surface area contributed by atoms with Crippen LogP contribution in [0.15, 0.2) is 29.8 Å². The van der Waals surface area contributed by atoms with Crippen molar-refractivity contribution in [2.45, 2.75) is 38.6 Å². The molecule has 1 aliphatic carbocycles. The third kappa shape index (κ3) is 3.50. The van der Waals surface area contributed by atoms with Crippen LogP contribution < -0.4 is 5.32 Å². The van der Waals surface area contributed by atoms with Gasteiger partial charge in [0.15, 0.2) is 0 Å². The van der Waals surface area contributed by atoms with Gasteiger partial charge in [0.1, 0.15) is 0 Å². The molecule has 0 amide bonds. The van der Waals surface area contributed by atoms with Crippen LogP contribution in [0.4, 0.5) is 0 Å². The number of hydrogen-bond donors (Lipinski definition) is 1. The fourth-order valence-corrected chi connectivity index (χ4v) is 2.82. The summed E-state index contributed by atoms with van der Waals surface area (Å²) in [6.07, 6.45) is 7.09. The summed E-state index contributed by atoms with van der Waals surface area (Å²) >= 11 is 12.0. The van der Waals surface area contributed by atoms with Crippen molar-refractivity contribution in [1.29, 1.82) is 0 Å². The molecular formula is C15H19Cl2N. The van der Waals surface area contributed by atoms with Crippen LogP contribution in [0.5, 0.6) is 0 Å². The van der Waals surface area contributed by atoms with Crippen LogP contribution in [0.1, 0.15) is 31.7 Å². The van der Waals surface area contributed by atoms with Gasteiger partial charge >= 0.3 is 0 Å². The van der Waals surface area contributed by atoms with Crippen LogP contribution in [0.2, 0.25) is 10.0 Å². The molecule has 0 radical (unpaired) electrons. The van der Waals surface area contributed by atoms with Gasteiger partial charge in [0, 0.05) is 6.04 Å². The first-order valence-corrected chi connectivity index (χ1v) is 7.32. The minimum atomic E-state index is 0.440. The fourth-order valence-electron chi connectivity index (χ4n) is 2.50. The summed E-state index contributed by atoms with van der Waals surface area (Å²) in [5.41, 5.74) is 2.78. The molecule has 2 rings (SSSR count). The second-order valence-electron chi connectivity index (χ2n) is 4.73. The van der Waals surface area contributed by atoms with Crippen molar-refractivity contribution >= 4 is 23.2 Å². The first-order valence-electron chi connectivity index (χ1n) is 6.57. The third-order valence-electron chi connectivity index (χ3n) is 3.40. The zero-order chi connectivity index (χ0) is 13.0. The van der Waals surface area contributed by atoms with E-state index in [1.54, 1.807) is 5.57 Å². The van der Waals surface area contributed by atoms with Crippen molar-refractivity contribution in [3.63, 3.8) is 0 Å². The molecule has 1 N–H and O–H groups in total. The van der Waals surface area contributed by atoms with Gasteiger partial charge in [-0.15, -0.1) is 0 Å². The van der Waals surface area contributed by atoms with Crippen LogP contribution in [-0.2, 0) is 6.42 Å². The van der Waals surface area contributed by atoms with Crippen LogP contribution in [-0.4, -0.2) is 12.6 Å². The molecule has 0 saturated heterocycles. The molecule has 1 nitrogen and oxygen atoms in total. The van der Waals surface area contributed by atoms with Crippen molar-refractivity contribution in [3.05, 3.63) is 45.5 Å². The maximum Gasteiger partial charge on any atom is 0.0595 e. The number of hydrogen-bond acceptors (Lipinski definition) is 1. The van der Waals surface area contributed by atoms with Crippen molar-refractivity contribution in [3.8, 4) is 0 Å². The highest BCUT2D eigenvalue weighted by molar-refractivity contribution is 6.42. The van der Waals surface area contributed by atoms with Crippen molar-refractivity contribution in [1.82, 2.24) is 5.32 Å². The monoisotopic (exact) mass is 283 g/mol. The van der Waals surface area contributed by atoms with Gasteiger partial charge in [0.2, 0.25) is 0 Å². The molecule has 0 bridgehead atoms. The maximum atomic E-state index is 6.07. The SMILES string of the molecule is CCNC(Cc1ccc(Cl)c(Cl)c1)C1=CCCC1. The van der Waals surface area contributed by atoms with E-state index in [4.69, 9.17) is 23.2 Å². The molecule has 1 aliphatic rings. The first kappa shape index (κ1) is 13.9. The predicted molar refractivity (Wildman–Crippen MR) is 79.6 cm³/mol. The van der Waals surface area contributed by atoms with E-state index in [1.807, 2.05) is 12.1 Å². The Labute approximate surface area is 119 Å². The van der Waals surface area contributed by atoms with E-state index in [2.05, 4.69) is 24.4 Å². The highest BCUT2D eigenvalue weighted by atomic mass is 35.5. The normalized spacial score (nSPS) is 16.7. The minimum Gasteiger partial charge on any atom is -0.310 e. The van der Waals surface area contributed by atoms with Crippen LogP contribution >= 0.6 is 23.2 Å². The Morgan fingerprint density at radius 3 is 2.72 bits per heavy atom. The Morgan fingerprint density at radius 1 is 1.28 bits per heavy atom. The number of nitrogens with one attached hydrogen (secondary N) is 1. The van der Waals surface area contributed by atoms with Gasteiger partial charge in [0.05, 0.1) is 10.0 Å². The third-order valence-corrected chi connectivity index (χ3v) is 4.14. The molecule has 98 valence electrons. The van der Waals surface area contributed by atoms with Crippen molar-refractivity contribution in [2.75, 3.05) is 6.54 Å². The summed E-state index contributed by atoms with van der Waals surface area (Å²) in [5.74, 6) is 0. The van der Waals surface area contributed by atoms with Crippen LogP contribution in [0, 0.1) is 0 Å². The van der Waals surface area contributed by atoms with Crippen LogP contribution in [0.25, 0.3) is 0 Å². The topological polar surface area (TPSA) is 12.0 Å². The molecule has 0 heterocycles. The lowest BCUT2D eigenvalue weighted by Gasteiger charge is -2.20. The molecule has 0 fully saturated rings. The van der Waals surface area contributed by atoms with Gasteiger partial charge in [0.25, 0.3) is 0 Å². The molecule has 0 aromatic heterocycles. The van der Waals surface area contributed by atoms with E-state index in [-0.39, 0.29) is 0 Å². The lowest BCUT2D eigenvalue weighted by Crippen LogP contribution is -2.32. The summed E-state index contributed by atoms with van der Waals surface area (Å²) in [4.78, 5) is 0. The standard InChI is InChI=1S/C15H19Cl2N/c1-2-18-15(12-5-3-4-6-12)10-11-7-8-13(16)14(17)9-11/h5,7-9,15,18H,2-4,6,10H2,1H3. The van der Waals surface area contributed by atoms with Crippen molar-refractivity contribution < 1.29 is 0 Å². The Hall–Kier alpha value is -0.500. The van der Waals surface area contributed by atoms with Gasteiger partial charge in [-0.2, -0.15) is 0 Å². The molecule has 1 aromatic rings. The van der Waals surface area contributed by atoms with Gasteiger partial charge in [-0.3, -0.25) is 0 Å². The van der Waals surface area contributed by atoms with E-state index >= 15 is 0 Å². The second-order valence-corrected chi connectivity index (χ2v) is 5.55. The molecule has 1 unspecified atom stereocenters. The predicted octanol–water partition coefficient (Wildman–Crippen LogP) is 4.62. The molecule has 0 saturated carbocycles. The van der Waals surface area contributed by atoms with Gasteiger partial charge in [-0.1, -0.05) is 47.8 Å². The molecular weight excluding hydrogens is 265 g/mol. The van der Waals surface area contributed by atoms with E-state index < -0.39 is 0 Å². The lowest BCUT2D eigenvalue weighted by molar-refractivity contribution is 0.574. The summed E-state index contributed by atoms with van der Waals surface area (Å²) in [5, 5.41) is 4.83. The summed E-state index contributed by atoms with van der Waals surface area (Å²) < 4.78 is 0. The molecule has 0 spiro atoms. The molecule has 1 atom stereocenters. The number of benzene rings is 1. The molecule has 0 aliphatic heterocycles. The average Bonchev–Trinajstić information content (AvgIpc) is 2.87. The smallest absolute Gasteiger partial charge is 0.0595 e. The van der Waals surface area contributed by atoms with E-state index in [0.29, 0.717) is 16.1 Å². The van der Waals surface area contributed by atoms with Crippen LogP contribution in [0.3, 0.4) is 0 Å². The summed E-state index contributed by atoms with van der Waals surface area (Å²) in [6.45, 7) is 3.14. The maximum absolute atomic E-state index is 6.07. The Kier molecular flexibility index (Phi) is 5.11. The summed E-state index contributed by atoms with van der Waals surface area (Å²) in [7, 11) is 0. The van der Waals surface area contributed by atoms with E-state index in [1.165, 1.54) is 24.8 Å². The van der Waals surface area contributed by atoms with Gasteiger partial charge in [-0.25, -0.2) is 0 Å². The average molecular weight is 284 g/mol. The minimum absolute atomic E-state index is 0.440. The highest BCUT2D eigenvalue weighted by Crippen LogP contribution is 2.26. The van der Waals surface area contributed by atoms with Crippen molar-refractivity contribution in [2.24, 2.45) is 0 Å². The summed E-state index contributed by atoms with van der Waals surface area (Å²) in [6, 6.07) is 6.36. The number of likely N-dealkylation sites (N-methyl/N-ethyl adjacent to an activating group) is 1. The van der Waals surface area contributed by atoms with Gasteiger partial charge < -0.3 is 5.32 Å². The second kappa shape index (κ2) is 6.60. The lowest BCUT2D eigenvalue weighted by atomic mass is 9.98. The van der Waals surface area contributed by atoms with Gasteiger partial charge in [-0.05, 0) is 49.9 Å². The van der Waals surface area contributed by atoms with E-state index in [0.717, 1.165) is 13.0 Å². The fraction of sp³-hybridized carbons (Fsp3) is 0.467. The molecule has 3 heteroatoms. The quantitative estimate of drug-likeness (QED) is 0.778. The highest BCUT2D eigenvalue weighted by Gasteiger charge is 2.16. The van der Waals surface area contributed by atoms with E-state index in [9.17, 15) is 0 Å². The molecule has 1 aromatic carbocycles. The zero-order valence-corrected chi connectivity index (χ0v) is 12.2. The Balaban J connectivity index is 2.10. The number of halogens is 2. The Bertz CT molecular complexity index is 440.